The van der Waals surface area contributed by atoms with Gasteiger partial charge < -0.3 is 9.64 Å². The number of nitrogens with zero attached hydrogens (tertiary/aromatic N) is 2. The van der Waals surface area contributed by atoms with E-state index in [-0.39, 0.29) is 12.7 Å². The number of hydrogen-bond donors (Lipinski definition) is 0. The molecule has 1 amide bonds. The maximum atomic E-state index is 12.0. The van der Waals surface area contributed by atoms with Crippen molar-refractivity contribution in [3.63, 3.8) is 0 Å². The standard InChI is InChI=1S/C15H18ClN2O3/c16-14-4-1-3-13(11-14)12-21-15(20)18-8-6-17(7-9-18)5-2-10-19/h1,3-4,11H,2,5-9,12H2. The second-order valence-corrected chi connectivity index (χ2v) is 5.34. The third-order valence-corrected chi connectivity index (χ3v) is 3.65. The molecule has 0 saturated carbocycles. The van der Waals surface area contributed by atoms with Gasteiger partial charge in [-0.3, -0.25) is 9.69 Å². The van der Waals surface area contributed by atoms with Crippen molar-refractivity contribution in [2.24, 2.45) is 0 Å². The largest absolute Gasteiger partial charge is 0.445 e. The van der Waals surface area contributed by atoms with Crippen LogP contribution in [0.25, 0.3) is 0 Å². The summed E-state index contributed by atoms with van der Waals surface area (Å²) in [7, 11) is 0. The van der Waals surface area contributed by atoms with Gasteiger partial charge >= 0.3 is 6.09 Å². The second-order valence-electron chi connectivity index (χ2n) is 4.91. The number of carbonyl (C=O) groups is 1. The molecule has 0 N–H and O–H groups in total. The molecule has 1 heterocycles. The summed E-state index contributed by atoms with van der Waals surface area (Å²) in [5.74, 6) is 0. The summed E-state index contributed by atoms with van der Waals surface area (Å²) in [4.78, 5) is 26.0. The van der Waals surface area contributed by atoms with Crippen molar-refractivity contribution in [2.75, 3.05) is 32.7 Å². The first-order chi connectivity index (χ1) is 10.2. The van der Waals surface area contributed by atoms with Gasteiger partial charge in [-0.05, 0) is 17.7 Å². The van der Waals surface area contributed by atoms with E-state index in [9.17, 15) is 9.59 Å². The first kappa shape index (κ1) is 15.8. The van der Waals surface area contributed by atoms with Crippen LogP contribution in [0.2, 0.25) is 5.02 Å². The molecule has 21 heavy (non-hydrogen) atoms. The molecule has 0 aromatic heterocycles. The molecule has 0 spiro atoms. The molecule has 1 aromatic carbocycles. The lowest BCUT2D eigenvalue weighted by molar-refractivity contribution is 0.0722. The van der Waals surface area contributed by atoms with E-state index in [1.54, 1.807) is 17.0 Å². The summed E-state index contributed by atoms with van der Waals surface area (Å²) in [6, 6.07) is 7.26. The van der Waals surface area contributed by atoms with Gasteiger partial charge in [0.05, 0.1) is 0 Å². The van der Waals surface area contributed by atoms with E-state index in [1.165, 1.54) is 0 Å². The maximum Gasteiger partial charge on any atom is 0.410 e. The van der Waals surface area contributed by atoms with Gasteiger partial charge in [0.15, 0.2) is 6.29 Å². The number of hydrogen-bond acceptors (Lipinski definition) is 4. The van der Waals surface area contributed by atoms with Crippen LogP contribution in [0.4, 0.5) is 4.79 Å². The minimum atomic E-state index is -0.309. The fourth-order valence-electron chi connectivity index (χ4n) is 2.22. The minimum Gasteiger partial charge on any atom is -0.445 e. The zero-order valence-corrected chi connectivity index (χ0v) is 12.5. The molecular weight excluding hydrogens is 292 g/mol. The van der Waals surface area contributed by atoms with Crippen LogP contribution in [0.5, 0.6) is 0 Å². The molecule has 0 bridgehead atoms. The van der Waals surface area contributed by atoms with Crippen LogP contribution >= 0.6 is 11.6 Å². The van der Waals surface area contributed by atoms with Crippen LogP contribution in [-0.4, -0.2) is 54.9 Å². The van der Waals surface area contributed by atoms with Crippen LogP contribution < -0.4 is 0 Å². The smallest absolute Gasteiger partial charge is 0.410 e. The highest BCUT2D eigenvalue weighted by molar-refractivity contribution is 6.30. The predicted octanol–water partition coefficient (Wildman–Crippen LogP) is 2.09. The lowest BCUT2D eigenvalue weighted by atomic mass is 10.2. The Morgan fingerprint density at radius 2 is 2.05 bits per heavy atom. The third-order valence-electron chi connectivity index (χ3n) is 3.41. The molecule has 1 aromatic rings. The molecule has 1 radical (unpaired) electrons. The number of ether oxygens (including phenoxy) is 1. The molecule has 0 unspecified atom stereocenters. The van der Waals surface area contributed by atoms with E-state index in [1.807, 2.05) is 18.4 Å². The molecule has 1 fully saturated rings. The Morgan fingerprint density at radius 3 is 2.71 bits per heavy atom. The van der Waals surface area contributed by atoms with Crippen molar-refractivity contribution >= 4 is 24.0 Å². The number of piperazine rings is 1. The monoisotopic (exact) mass is 309 g/mol. The van der Waals surface area contributed by atoms with Crippen LogP contribution in [0, 0.1) is 0 Å². The van der Waals surface area contributed by atoms with Gasteiger partial charge in [0.2, 0.25) is 0 Å². The summed E-state index contributed by atoms with van der Waals surface area (Å²) < 4.78 is 5.29. The van der Waals surface area contributed by atoms with Crippen molar-refractivity contribution in [1.29, 1.82) is 0 Å². The number of benzene rings is 1. The van der Waals surface area contributed by atoms with Gasteiger partial charge in [-0.2, -0.15) is 0 Å². The Morgan fingerprint density at radius 1 is 1.29 bits per heavy atom. The van der Waals surface area contributed by atoms with E-state index in [2.05, 4.69) is 4.90 Å². The molecule has 5 nitrogen and oxygen atoms in total. The fourth-order valence-corrected chi connectivity index (χ4v) is 2.43. The van der Waals surface area contributed by atoms with Crippen molar-refractivity contribution < 1.29 is 14.3 Å². The normalized spacial score (nSPS) is 15.8. The van der Waals surface area contributed by atoms with Gasteiger partial charge in [-0.1, -0.05) is 23.7 Å². The summed E-state index contributed by atoms with van der Waals surface area (Å²) in [6.45, 7) is 3.68. The molecule has 113 valence electrons. The first-order valence-electron chi connectivity index (χ1n) is 6.92. The average Bonchev–Trinajstić information content (AvgIpc) is 2.51. The maximum absolute atomic E-state index is 12.0. The lowest BCUT2D eigenvalue weighted by Gasteiger charge is -2.33. The topological polar surface area (TPSA) is 49.9 Å². The van der Waals surface area contributed by atoms with E-state index in [0.29, 0.717) is 31.1 Å². The van der Waals surface area contributed by atoms with Crippen molar-refractivity contribution in [1.82, 2.24) is 9.80 Å². The highest BCUT2D eigenvalue weighted by atomic mass is 35.5. The highest BCUT2D eigenvalue weighted by Crippen LogP contribution is 2.12. The van der Waals surface area contributed by atoms with Crippen LogP contribution in [-0.2, 0) is 16.1 Å². The van der Waals surface area contributed by atoms with Gasteiger partial charge in [0.25, 0.3) is 0 Å². The second kappa shape index (κ2) is 8.00. The minimum absolute atomic E-state index is 0.222. The van der Waals surface area contributed by atoms with E-state index < -0.39 is 0 Å². The van der Waals surface area contributed by atoms with E-state index in [4.69, 9.17) is 16.3 Å². The van der Waals surface area contributed by atoms with Crippen molar-refractivity contribution in [3.05, 3.63) is 34.9 Å². The van der Waals surface area contributed by atoms with Gasteiger partial charge in [0.1, 0.15) is 6.61 Å². The van der Waals surface area contributed by atoms with Crippen LogP contribution in [0.3, 0.4) is 0 Å². The highest BCUT2D eigenvalue weighted by Gasteiger charge is 2.21. The van der Waals surface area contributed by atoms with Crippen LogP contribution in [0.15, 0.2) is 24.3 Å². The summed E-state index contributed by atoms with van der Waals surface area (Å²) in [5.41, 5.74) is 0.871. The first-order valence-corrected chi connectivity index (χ1v) is 7.30. The Bertz CT molecular complexity index is 488. The average molecular weight is 310 g/mol. The van der Waals surface area contributed by atoms with E-state index in [0.717, 1.165) is 18.7 Å². The van der Waals surface area contributed by atoms with Gasteiger partial charge in [-0.15, -0.1) is 0 Å². The molecular formula is C15H18ClN2O3. The molecule has 0 aliphatic carbocycles. The molecule has 1 saturated heterocycles. The molecule has 1 aliphatic heterocycles. The molecule has 6 heteroatoms. The summed E-state index contributed by atoms with van der Waals surface area (Å²) in [6.07, 6.45) is 1.99. The Kier molecular flexibility index (Phi) is 6.02. The molecule has 1 aliphatic rings. The van der Waals surface area contributed by atoms with Crippen LogP contribution in [0.1, 0.15) is 12.0 Å². The summed E-state index contributed by atoms with van der Waals surface area (Å²) in [5, 5.41) is 0.629. The number of rotatable bonds is 5. The summed E-state index contributed by atoms with van der Waals surface area (Å²) >= 11 is 5.88. The Balaban J connectivity index is 1.73. The third kappa shape index (κ3) is 5.02. The van der Waals surface area contributed by atoms with Gasteiger partial charge in [0, 0.05) is 44.2 Å². The quantitative estimate of drug-likeness (QED) is 0.836. The Labute approximate surface area is 129 Å². The zero-order valence-electron chi connectivity index (χ0n) is 11.8. The molecule has 2 rings (SSSR count). The van der Waals surface area contributed by atoms with Gasteiger partial charge in [-0.25, -0.2) is 4.79 Å². The fraction of sp³-hybridized carbons (Fsp3) is 0.467. The zero-order chi connectivity index (χ0) is 15.1. The number of halogens is 1. The Hall–Kier alpha value is -1.59. The lowest BCUT2D eigenvalue weighted by Crippen LogP contribution is -2.49. The van der Waals surface area contributed by atoms with E-state index >= 15 is 0 Å². The van der Waals surface area contributed by atoms with Crippen molar-refractivity contribution in [2.45, 2.75) is 13.0 Å². The number of carbonyl (C=O) groups excluding carboxylic acids is 2. The SMILES string of the molecule is O=[C]CCN1CCN(C(=O)OCc2cccc(Cl)c2)CC1. The predicted molar refractivity (Wildman–Crippen MR) is 80.0 cm³/mol. The number of amides is 1. The van der Waals surface area contributed by atoms with Crippen molar-refractivity contribution in [3.8, 4) is 0 Å². The molecule has 0 atom stereocenters.